The maximum Gasteiger partial charge on any atom is 0.278 e. The lowest BCUT2D eigenvalue weighted by atomic mass is 9.99. The number of halogens is 1. The summed E-state index contributed by atoms with van der Waals surface area (Å²) in [5, 5.41) is 3.25. The number of rotatable bonds is 6. The molecule has 1 N–H and O–H groups in total. The number of nitrogens with zero attached hydrogens (tertiary/aromatic N) is 1. The zero-order valence-electron chi connectivity index (χ0n) is 19.3. The van der Waals surface area contributed by atoms with Crippen molar-refractivity contribution in [1.82, 2.24) is 4.90 Å². The van der Waals surface area contributed by atoms with Crippen molar-refractivity contribution in [3.8, 4) is 0 Å². The predicted octanol–water partition coefficient (Wildman–Crippen LogP) is 5.49. The Balaban J connectivity index is 1.70. The standard InChI is InChI=1S/C28H27FN2O2/c1-17-5-12-24(20(4)15-17)30-26-25(22-9-6-18(2)19(3)16-22)27(32)31(28(26)33)14-13-21-7-10-23(29)11-8-21/h5-12,15-16,30H,13-14H2,1-4H3. The fraction of sp³-hybridized carbons (Fsp3) is 0.214. The number of benzene rings is 3. The lowest BCUT2D eigenvalue weighted by Gasteiger charge is -2.16. The van der Waals surface area contributed by atoms with Crippen LogP contribution in [0.3, 0.4) is 0 Å². The molecule has 0 atom stereocenters. The van der Waals surface area contributed by atoms with Crippen molar-refractivity contribution in [3.05, 3.63) is 106 Å². The molecule has 0 radical (unpaired) electrons. The van der Waals surface area contributed by atoms with Gasteiger partial charge in [0.2, 0.25) is 0 Å². The molecule has 4 rings (SSSR count). The van der Waals surface area contributed by atoms with Crippen LogP contribution in [0, 0.1) is 33.5 Å². The normalized spacial score (nSPS) is 13.8. The van der Waals surface area contributed by atoms with Crippen molar-refractivity contribution < 1.29 is 14.0 Å². The van der Waals surface area contributed by atoms with Crippen molar-refractivity contribution in [1.29, 1.82) is 0 Å². The van der Waals surface area contributed by atoms with Gasteiger partial charge in [0, 0.05) is 12.2 Å². The summed E-state index contributed by atoms with van der Waals surface area (Å²) >= 11 is 0. The maximum absolute atomic E-state index is 13.5. The third-order valence-electron chi connectivity index (χ3n) is 6.14. The number of imide groups is 1. The van der Waals surface area contributed by atoms with Gasteiger partial charge in [0.1, 0.15) is 11.5 Å². The Hall–Kier alpha value is -3.73. The summed E-state index contributed by atoms with van der Waals surface area (Å²) < 4.78 is 13.2. The fourth-order valence-corrected chi connectivity index (χ4v) is 4.04. The molecule has 3 aromatic carbocycles. The minimum absolute atomic E-state index is 0.218. The third-order valence-corrected chi connectivity index (χ3v) is 6.14. The van der Waals surface area contributed by atoms with Gasteiger partial charge in [0.25, 0.3) is 11.8 Å². The number of anilines is 1. The summed E-state index contributed by atoms with van der Waals surface area (Å²) in [4.78, 5) is 28.2. The van der Waals surface area contributed by atoms with E-state index in [1.807, 2.05) is 64.1 Å². The number of carbonyl (C=O) groups is 2. The summed E-state index contributed by atoms with van der Waals surface area (Å²) in [6.07, 6.45) is 0.453. The molecule has 33 heavy (non-hydrogen) atoms. The first-order chi connectivity index (χ1) is 15.7. The molecule has 0 aliphatic carbocycles. The summed E-state index contributed by atoms with van der Waals surface area (Å²) in [6.45, 7) is 8.20. The fourth-order valence-electron chi connectivity index (χ4n) is 4.04. The van der Waals surface area contributed by atoms with E-state index in [1.54, 1.807) is 12.1 Å². The zero-order chi connectivity index (χ0) is 23.7. The molecule has 168 valence electrons. The van der Waals surface area contributed by atoms with Crippen LogP contribution in [0.1, 0.15) is 33.4 Å². The third kappa shape index (κ3) is 4.58. The maximum atomic E-state index is 13.5. The van der Waals surface area contributed by atoms with Gasteiger partial charge >= 0.3 is 0 Å². The molecule has 4 nitrogen and oxygen atoms in total. The SMILES string of the molecule is Cc1ccc(NC2=C(c3ccc(C)c(C)c3)C(=O)N(CCc3ccc(F)cc3)C2=O)c(C)c1. The highest BCUT2D eigenvalue weighted by Crippen LogP contribution is 2.32. The largest absolute Gasteiger partial charge is 0.350 e. The Morgan fingerprint density at radius 3 is 2.18 bits per heavy atom. The van der Waals surface area contributed by atoms with E-state index in [-0.39, 0.29) is 29.9 Å². The summed E-state index contributed by atoms with van der Waals surface area (Å²) in [7, 11) is 0. The van der Waals surface area contributed by atoms with E-state index in [1.165, 1.54) is 17.0 Å². The van der Waals surface area contributed by atoms with Crippen molar-refractivity contribution in [2.75, 3.05) is 11.9 Å². The van der Waals surface area contributed by atoms with Crippen molar-refractivity contribution in [3.63, 3.8) is 0 Å². The molecule has 3 aromatic rings. The van der Waals surface area contributed by atoms with Crippen LogP contribution in [0.2, 0.25) is 0 Å². The summed E-state index contributed by atoms with van der Waals surface area (Å²) in [5.41, 5.74) is 7.32. The number of carbonyl (C=O) groups excluding carboxylic acids is 2. The number of hydrogen-bond acceptors (Lipinski definition) is 3. The summed E-state index contributed by atoms with van der Waals surface area (Å²) in [6, 6.07) is 17.8. The first kappa shape index (κ1) is 22.5. The van der Waals surface area contributed by atoms with Gasteiger partial charge in [-0.25, -0.2) is 4.39 Å². The smallest absolute Gasteiger partial charge is 0.278 e. The molecule has 0 saturated heterocycles. The van der Waals surface area contributed by atoms with E-state index < -0.39 is 0 Å². The van der Waals surface area contributed by atoms with Crippen molar-refractivity contribution >= 4 is 23.1 Å². The molecular weight excluding hydrogens is 415 g/mol. The van der Waals surface area contributed by atoms with Crippen LogP contribution >= 0.6 is 0 Å². The van der Waals surface area contributed by atoms with E-state index in [0.29, 0.717) is 17.6 Å². The first-order valence-electron chi connectivity index (χ1n) is 11.0. The molecule has 1 heterocycles. The summed E-state index contributed by atoms with van der Waals surface area (Å²) in [5.74, 6) is -0.987. The highest BCUT2D eigenvalue weighted by atomic mass is 19.1. The second kappa shape index (κ2) is 9.02. The van der Waals surface area contributed by atoms with Gasteiger partial charge in [0.05, 0.1) is 5.57 Å². The number of amides is 2. The van der Waals surface area contributed by atoms with Gasteiger partial charge in [0.15, 0.2) is 0 Å². The number of hydrogen-bond donors (Lipinski definition) is 1. The van der Waals surface area contributed by atoms with Gasteiger partial charge in [-0.05, 0) is 80.1 Å². The Morgan fingerprint density at radius 2 is 1.52 bits per heavy atom. The molecule has 0 saturated carbocycles. The average Bonchev–Trinajstić information content (AvgIpc) is 3.01. The molecule has 5 heteroatoms. The van der Waals surface area contributed by atoms with E-state index in [0.717, 1.165) is 33.5 Å². The van der Waals surface area contributed by atoms with Crippen molar-refractivity contribution in [2.45, 2.75) is 34.1 Å². The molecule has 2 amide bonds. The van der Waals surface area contributed by atoms with Gasteiger partial charge in [-0.1, -0.05) is 48.0 Å². The van der Waals surface area contributed by atoms with Crippen LogP contribution < -0.4 is 5.32 Å². The van der Waals surface area contributed by atoms with Crippen LogP contribution in [0.5, 0.6) is 0 Å². The number of aryl methyl sites for hydroxylation is 4. The average molecular weight is 443 g/mol. The van der Waals surface area contributed by atoms with E-state index in [4.69, 9.17) is 0 Å². The van der Waals surface area contributed by atoms with Crippen LogP contribution in [0.25, 0.3) is 5.57 Å². The molecule has 1 aliphatic heterocycles. The van der Waals surface area contributed by atoms with Gasteiger partial charge < -0.3 is 5.32 Å². The molecule has 0 bridgehead atoms. The topological polar surface area (TPSA) is 49.4 Å². The van der Waals surface area contributed by atoms with E-state index >= 15 is 0 Å². The van der Waals surface area contributed by atoms with Crippen LogP contribution in [0.15, 0.2) is 66.4 Å². The quantitative estimate of drug-likeness (QED) is 0.513. The molecule has 0 fully saturated rings. The zero-order valence-corrected chi connectivity index (χ0v) is 19.3. The van der Waals surface area contributed by atoms with Gasteiger partial charge in [-0.3, -0.25) is 14.5 Å². The van der Waals surface area contributed by atoms with E-state index in [9.17, 15) is 14.0 Å². The highest BCUT2D eigenvalue weighted by molar-refractivity contribution is 6.36. The highest BCUT2D eigenvalue weighted by Gasteiger charge is 2.39. The minimum Gasteiger partial charge on any atom is -0.350 e. The Bertz CT molecular complexity index is 1280. The second-order valence-corrected chi connectivity index (χ2v) is 8.63. The second-order valence-electron chi connectivity index (χ2n) is 8.63. The molecular formula is C28H27FN2O2. The van der Waals surface area contributed by atoms with E-state index in [2.05, 4.69) is 5.32 Å². The minimum atomic E-state index is -0.352. The predicted molar refractivity (Wildman–Crippen MR) is 129 cm³/mol. The molecule has 0 spiro atoms. The molecule has 0 unspecified atom stereocenters. The Kier molecular flexibility index (Phi) is 6.14. The van der Waals surface area contributed by atoms with Crippen LogP contribution in [-0.2, 0) is 16.0 Å². The lowest BCUT2D eigenvalue weighted by Crippen LogP contribution is -2.34. The Morgan fingerprint density at radius 1 is 0.788 bits per heavy atom. The Labute approximate surface area is 193 Å². The lowest BCUT2D eigenvalue weighted by molar-refractivity contribution is -0.136. The molecule has 1 aliphatic rings. The van der Waals surface area contributed by atoms with Crippen LogP contribution in [-0.4, -0.2) is 23.3 Å². The number of nitrogens with one attached hydrogen (secondary N) is 1. The molecule has 0 aromatic heterocycles. The van der Waals surface area contributed by atoms with Crippen molar-refractivity contribution in [2.24, 2.45) is 0 Å². The van der Waals surface area contributed by atoms with Gasteiger partial charge in [-0.2, -0.15) is 0 Å². The van der Waals surface area contributed by atoms with Crippen LogP contribution in [0.4, 0.5) is 10.1 Å². The monoisotopic (exact) mass is 442 g/mol. The first-order valence-corrected chi connectivity index (χ1v) is 11.0. The van der Waals surface area contributed by atoms with Gasteiger partial charge in [-0.15, -0.1) is 0 Å².